The number of ether oxygens (including phenoxy) is 1. The van der Waals surface area contributed by atoms with Crippen molar-refractivity contribution in [3.8, 4) is 0 Å². The molecule has 0 saturated heterocycles. The third-order valence-electron chi connectivity index (χ3n) is 2.19. The molecular formula is C12H26N2O2. The fourth-order valence-corrected chi connectivity index (χ4v) is 1.75. The number of likely N-dealkylation sites (N-methyl/N-ethyl adjacent to an activating group) is 1. The van der Waals surface area contributed by atoms with Crippen molar-refractivity contribution in [3.63, 3.8) is 0 Å². The van der Waals surface area contributed by atoms with Crippen molar-refractivity contribution < 1.29 is 9.53 Å². The van der Waals surface area contributed by atoms with E-state index in [1.54, 1.807) is 0 Å². The molecule has 0 saturated carbocycles. The second kappa shape index (κ2) is 7.63. The van der Waals surface area contributed by atoms with Crippen molar-refractivity contribution in [3.05, 3.63) is 0 Å². The normalized spacial score (nSPS) is 13.6. The van der Waals surface area contributed by atoms with Gasteiger partial charge in [0.15, 0.2) is 0 Å². The van der Waals surface area contributed by atoms with Crippen molar-refractivity contribution in [2.45, 2.75) is 39.8 Å². The lowest BCUT2D eigenvalue weighted by Gasteiger charge is -2.25. The van der Waals surface area contributed by atoms with E-state index in [0.717, 1.165) is 6.54 Å². The highest BCUT2D eigenvalue weighted by Gasteiger charge is 2.21. The predicted octanol–water partition coefficient (Wildman–Crippen LogP) is 1.11. The molecule has 0 fully saturated rings. The third kappa shape index (κ3) is 6.80. The number of hydrogen-bond acceptors (Lipinski definition) is 4. The Morgan fingerprint density at radius 2 is 1.81 bits per heavy atom. The first-order chi connectivity index (χ1) is 7.36. The Morgan fingerprint density at radius 3 is 2.19 bits per heavy atom. The van der Waals surface area contributed by atoms with Crippen molar-refractivity contribution in [1.29, 1.82) is 0 Å². The molecule has 0 aliphatic rings. The average molecular weight is 230 g/mol. The van der Waals surface area contributed by atoms with Crippen molar-refractivity contribution in [2.24, 2.45) is 5.92 Å². The number of rotatable bonds is 7. The van der Waals surface area contributed by atoms with Crippen LogP contribution in [0.4, 0.5) is 0 Å². The Bertz CT molecular complexity index is 205. The van der Waals surface area contributed by atoms with Crippen LogP contribution in [0.25, 0.3) is 0 Å². The highest BCUT2D eigenvalue weighted by Crippen LogP contribution is 1.99. The van der Waals surface area contributed by atoms with Crippen LogP contribution in [0.15, 0.2) is 0 Å². The summed E-state index contributed by atoms with van der Waals surface area (Å²) in [6.07, 6.45) is 0. The molecule has 0 aromatic heterocycles. The molecule has 0 radical (unpaired) electrons. The van der Waals surface area contributed by atoms with Gasteiger partial charge in [0.1, 0.15) is 6.04 Å². The van der Waals surface area contributed by atoms with Gasteiger partial charge in [0.2, 0.25) is 0 Å². The van der Waals surface area contributed by atoms with Crippen LogP contribution in [0, 0.1) is 5.92 Å². The molecule has 0 aliphatic heterocycles. The minimum absolute atomic E-state index is 0.190. The molecule has 1 atom stereocenters. The maximum Gasteiger partial charge on any atom is 0.324 e. The maximum absolute atomic E-state index is 11.6. The van der Waals surface area contributed by atoms with Gasteiger partial charge in [-0.15, -0.1) is 0 Å². The molecule has 0 rings (SSSR count). The largest absolute Gasteiger partial charge is 0.468 e. The van der Waals surface area contributed by atoms with Crippen LogP contribution < -0.4 is 5.32 Å². The lowest BCUT2D eigenvalue weighted by atomic mass is 10.2. The third-order valence-corrected chi connectivity index (χ3v) is 2.19. The summed E-state index contributed by atoms with van der Waals surface area (Å²) in [6.45, 7) is 10.0. The zero-order chi connectivity index (χ0) is 12.7. The van der Waals surface area contributed by atoms with E-state index in [-0.39, 0.29) is 18.1 Å². The second-order valence-electron chi connectivity index (χ2n) is 5.01. The molecule has 4 heteroatoms. The summed E-state index contributed by atoms with van der Waals surface area (Å²) in [5, 5.41) is 3.22. The molecular weight excluding hydrogens is 204 g/mol. The van der Waals surface area contributed by atoms with E-state index in [1.807, 2.05) is 20.9 Å². The Hall–Kier alpha value is -0.610. The van der Waals surface area contributed by atoms with E-state index >= 15 is 0 Å². The zero-order valence-electron chi connectivity index (χ0n) is 11.4. The fraction of sp³-hybridized carbons (Fsp3) is 0.917. The van der Waals surface area contributed by atoms with Crippen LogP contribution in [-0.2, 0) is 9.53 Å². The molecule has 0 amide bonds. The van der Waals surface area contributed by atoms with E-state index in [0.29, 0.717) is 12.5 Å². The van der Waals surface area contributed by atoms with E-state index in [2.05, 4.69) is 24.1 Å². The first kappa shape index (κ1) is 15.4. The first-order valence-electron chi connectivity index (χ1n) is 5.89. The molecule has 0 spiro atoms. The van der Waals surface area contributed by atoms with Crippen molar-refractivity contribution in [1.82, 2.24) is 10.2 Å². The Balaban J connectivity index is 4.24. The predicted molar refractivity (Wildman–Crippen MR) is 66.4 cm³/mol. The van der Waals surface area contributed by atoms with Crippen molar-refractivity contribution in [2.75, 3.05) is 27.2 Å². The monoisotopic (exact) mass is 230 g/mol. The van der Waals surface area contributed by atoms with Gasteiger partial charge in [0.25, 0.3) is 0 Å². The SMILES string of the molecule is COC(=O)C(CN(C)CC(C)C)NC(C)C. The number of hydrogen-bond donors (Lipinski definition) is 1. The van der Waals surface area contributed by atoms with Gasteiger partial charge < -0.3 is 15.0 Å². The van der Waals surface area contributed by atoms with E-state index < -0.39 is 0 Å². The summed E-state index contributed by atoms with van der Waals surface area (Å²) in [6, 6.07) is 0.0327. The Labute approximate surface area is 99.3 Å². The van der Waals surface area contributed by atoms with Crippen LogP contribution >= 0.6 is 0 Å². The van der Waals surface area contributed by atoms with Crippen LogP contribution in [0.2, 0.25) is 0 Å². The highest BCUT2D eigenvalue weighted by atomic mass is 16.5. The number of esters is 1. The molecule has 0 aromatic carbocycles. The number of methoxy groups -OCH3 is 1. The molecule has 0 aliphatic carbocycles. The molecule has 1 unspecified atom stereocenters. The van der Waals surface area contributed by atoms with Crippen molar-refractivity contribution >= 4 is 5.97 Å². The summed E-state index contributed by atoms with van der Waals surface area (Å²) in [7, 11) is 3.46. The summed E-state index contributed by atoms with van der Waals surface area (Å²) in [4.78, 5) is 13.7. The van der Waals surface area contributed by atoms with E-state index in [9.17, 15) is 4.79 Å². The first-order valence-corrected chi connectivity index (χ1v) is 5.89. The van der Waals surface area contributed by atoms with Crippen LogP contribution in [0.1, 0.15) is 27.7 Å². The zero-order valence-corrected chi connectivity index (χ0v) is 11.4. The number of carbonyl (C=O) groups excluding carboxylic acids is 1. The lowest BCUT2D eigenvalue weighted by molar-refractivity contribution is -0.143. The summed E-state index contributed by atoms with van der Waals surface area (Å²) in [5.41, 5.74) is 0. The molecule has 0 bridgehead atoms. The van der Waals surface area contributed by atoms with Gasteiger partial charge in [-0.1, -0.05) is 27.7 Å². The van der Waals surface area contributed by atoms with Gasteiger partial charge in [-0.05, 0) is 13.0 Å². The van der Waals surface area contributed by atoms with Crippen LogP contribution in [0.3, 0.4) is 0 Å². The molecule has 16 heavy (non-hydrogen) atoms. The average Bonchev–Trinajstić information content (AvgIpc) is 2.13. The molecule has 4 nitrogen and oxygen atoms in total. The standard InChI is InChI=1S/C12H26N2O2/c1-9(2)7-14(5)8-11(12(15)16-6)13-10(3)4/h9-11,13H,7-8H2,1-6H3. The van der Waals surface area contributed by atoms with Gasteiger partial charge >= 0.3 is 5.97 Å². The molecule has 0 heterocycles. The Kier molecular flexibility index (Phi) is 7.34. The fourth-order valence-electron chi connectivity index (χ4n) is 1.75. The minimum atomic E-state index is -0.242. The molecule has 96 valence electrons. The highest BCUT2D eigenvalue weighted by molar-refractivity contribution is 5.75. The lowest BCUT2D eigenvalue weighted by Crippen LogP contribution is -2.48. The van der Waals surface area contributed by atoms with Crippen LogP contribution in [-0.4, -0.2) is 50.2 Å². The van der Waals surface area contributed by atoms with Gasteiger partial charge in [-0.25, -0.2) is 0 Å². The van der Waals surface area contributed by atoms with Gasteiger partial charge in [0.05, 0.1) is 7.11 Å². The van der Waals surface area contributed by atoms with E-state index in [1.165, 1.54) is 7.11 Å². The molecule has 1 N–H and O–H groups in total. The van der Waals surface area contributed by atoms with E-state index in [4.69, 9.17) is 4.74 Å². The minimum Gasteiger partial charge on any atom is -0.468 e. The van der Waals surface area contributed by atoms with Crippen LogP contribution in [0.5, 0.6) is 0 Å². The number of nitrogens with zero attached hydrogens (tertiary/aromatic N) is 1. The Morgan fingerprint density at radius 1 is 1.25 bits per heavy atom. The summed E-state index contributed by atoms with van der Waals surface area (Å²) >= 11 is 0. The number of nitrogens with one attached hydrogen (secondary N) is 1. The topological polar surface area (TPSA) is 41.6 Å². The quantitative estimate of drug-likeness (QED) is 0.665. The smallest absolute Gasteiger partial charge is 0.324 e. The summed E-state index contributed by atoms with van der Waals surface area (Å²) in [5.74, 6) is 0.409. The molecule has 0 aromatic rings. The van der Waals surface area contributed by atoms with Gasteiger partial charge in [-0.3, -0.25) is 4.79 Å². The van der Waals surface area contributed by atoms with Gasteiger partial charge in [0, 0.05) is 19.1 Å². The second-order valence-corrected chi connectivity index (χ2v) is 5.01. The van der Waals surface area contributed by atoms with Gasteiger partial charge in [-0.2, -0.15) is 0 Å². The maximum atomic E-state index is 11.6. The number of carbonyl (C=O) groups is 1. The summed E-state index contributed by atoms with van der Waals surface area (Å²) < 4.78 is 4.79.